The molecule has 0 radical (unpaired) electrons. The molecular weight excluding hydrogens is 348 g/mol. The van der Waals surface area contributed by atoms with Crippen molar-refractivity contribution >= 4 is 22.4 Å². The van der Waals surface area contributed by atoms with Crippen LogP contribution in [0.4, 0.5) is 0 Å². The van der Waals surface area contributed by atoms with Gasteiger partial charge in [0.15, 0.2) is 0 Å². The van der Waals surface area contributed by atoms with E-state index < -0.39 is 10.0 Å². The van der Waals surface area contributed by atoms with Crippen molar-refractivity contribution in [3.63, 3.8) is 0 Å². The normalized spacial score (nSPS) is 21.4. The lowest BCUT2D eigenvalue weighted by Crippen LogP contribution is -2.40. The molecule has 0 saturated heterocycles. The van der Waals surface area contributed by atoms with Gasteiger partial charge in [-0.25, -0.2) is 13.1 Å². The Bertz CT molecular complexity index is 654. The Labute approximate surface area is 151 Å². The second kappa shape index (κ2) is 8.52. The molecule has 138 valence electrons. The van der Waals surface area contributed by atoms with Crippen LogP contribution in [0.5, 0.6) is 5.75 Å². The number of sulfonamides is 1. The van der Waals surface area contributed by atoms with Crippen LogP contribution in [-0.4, -0.2) is 27.6 Å². The lowest BCUT2D eigenvalue weighted by Gasteiger charge is -2.27. The van der Waals surface area contributed by atoms with Gasteiger partial charge in [0.2, 0.25) is 10.0 Å². The first-order chi connectivity index (χ1) is 10.7. The zero-order valence-electron chi connectivity index (χ0n) is 14.8. The quantitative estimate of drug-likeness (QED) is 0.827. The van der Waals surface area contributed by atoms with Crippen LogP contribution in [0, 0.1) is 6.92 Å². The van der Waals surface area contributed by atoms with Crippen molar-refractivity contribution in [2.24, 2.45) is 5.73 Å². The Hall–Kier alpha value is -0.820. The Kier molecular flexibility index (Phi) is 7.53. The van der Waals surface area contributed by atoms with Crippen LogP contribution < -0.4 is 15.2 Å². The van der Waals surface area contributed by atoms with E-state index in [1.807, 2.05) is 13.8 Å². The topological polar surface area (TPSA) is 81.4 Å². The fourth-order valence-corrected chi connectivity index (χ4v) is 4.68. The summed E-state index contributed by atoms with van der Waals surface area (Å²) < 4.78 is 33.8. The first kappa shape index (κ1) is 21.2. The number of methoxy groups -OCH3 is 1. The summed E-state index contributed by atoms with van der Waals surface area (Å²) in [5.41, 5.74) is 7.50. The van der Waals surface area contributed by atoms with Crippen LogP contribution >= 0.6 is 12.4 Å². The molecule has 1 aromatic carbocycles. The third-order valence-corrected chi connectivity index (χ3v) is 6.19. The Morgan fingerprint density at radius 1 is 1.21 bits per heavy atom. The smallest absolute Gasteiger partial charge is 0.241 e. The first-order valence-electron chi connectivity index (χ1n) is 8.21. The molecule has 1 saturated carbocycles. The van der Waals surface area contributed by atoms with Gasteiger partial charge in [-0.05, 0) is 61.8 Å². The number of halogens is 1. The van der Waals surface area contributed by atoms with Gasteiger partial charge in [0.25, 0.3) is 0 Å². The maximum Gasteiger partial charge on any atom is 0.241 e. The molecule has 0 bridgehead atoms. The molecule has 0 aromatic heterocycles. The molecule has 3 N–H and O–H groups in total. The fourth-order valence-electron chi connectivity index (χ4n) is 3.11. The average Bonchev–Trinajstić information content (AvgIpc) is 2.48. The molecule has 0 unspecified atom stereocenters. The number of hydrogen-bond acceptors (Lipinski definition) is 4. The Morgan fingerprint density at radius 2 is 1.79 bits per heavy atom. The predicted octanol–water partition coefficient (Wildman–Crippen LogP) is 3.10. The van der Waals surface area contributed by atoms with E-state index in [1.54, 1.807) is 26.2 Å². The van der Waals surface area contributed by atoms with Gasteiger partial charge in [0, 0.05) is 12.1 Å². The number of benzene rings is 1. The molecule has 0 heterocycles. The molecular formula is C17H29ClN2O3S. The SMILES string of the molecule is COc1cc(C)c(S(=O)(=O)NC2CCC(N)CC2)cc1C(C)C.Cl. The second-order valence-corrected chi connectivity index (χ2v) is 8.43. The zero-order chi connectivity index (χ0) is 17.2. The number of rotatable bonds is 5. The molecule has 7 heteroatoms. The Morgan fingerprint density at radius 3 is 2.29 bits per heavy atom. The second-order valence-electron chi connectivity index (χ2n) is 6.75. The third kappa shape index (κ3) is 4.85. The molecule has 5 nitrogen and oxygen atoms in total. The van der Waals surface area contributed by atoms with E-state index >= 15 is 0 Å². The highest BCUT2D eigenvalue weighted by Gasteiger charge is 2.26. The van der Waals surface area contributed by atoms with Gasteiger partial charge in [0.1, 0.15) is 5.75 Å². The van der Waals surface area contributed by atoms with Gasteiger partial charge in [-0.3, -0.25) is 0 Å². The van der Waals surface area contributed by atoms with Crippen molar-refractivity contribution in [1.29, 1.82) is 0 Å². The molecule has 1 fully saturated rings. The summed E-state index contributed by atoms with van der Waals surface area (Å²) in [6, 6.07) is 3.73. The minimum absolute atomic E-state index is 0. The van der Waals surface area contributed by atoms with Crippen molar-refractivity contribution in [2.75, 3.05) is 7.11 Å². The van der Waals surface area contributed by atoms with Crippen LogP contribution in [0.25, 0.3) is 0 Å². The van der Waals surface area contributed by atoms with E-state index in [0.717, 1.165) is 37.0 Å². The van der Waals surface area contributed by atoms with Crippen LogP contribution in [0.1, 0.15) is 56.6 Å². The molecule has 1 aliphatic carbocycles. The van der Waals surface area contributed by atoms with Crippen molar-refractivity contribution in [1.82, 2.24) is 4.72 Å². The summed E-state index contributed by atoms with van der Waals surface area (Å²) in [5, 5.41) is 0. The van der Waals surface area contributed by atoms with Crippen LogP contribution in [0.3, 0.4) is 0 Å². The van der Waals surface area contributed by atoms with Crippen molar-refractivity contribution in [2.45, 2.75) is 69.4 Å². The van der Waals surface area contributed by atoms with Crippen LogP contribution in [-0.2, 0) is 10.0 Å². The average molecular weight is 377 g/mol. The lowest BCUT2D eigenvalue weighted by atomic mass is 9.93. The molecule has 0 amide bonds. The van der Waals surface area contributed by atoms with Crippen molar-refractivity contribution in [3.05, 3.63) is 23.3 Å². The zero-order valence-corrected chi connectivity index (χ0v) is 16.5. The van der Waals surface area contributed by atoms with Crippen molar-refractivity contribution in [3.8, 4) is 5.75 Å². The van der Waals surface area contributed by atoms with Crippen LogP contribution in [0.15, 0.2) is 17.0 Å². The molecule has 1 aliphatic rings. The number of aryl methyl sites for hydroxylation is 1. The summed E-state index contributed by atoms with van der Waals surface area (Å²) >= 11 is 0. The molecule has 1 aromatic rings. The number of ether oxygens (including phenoxy) is 1. The number of hydrogen-bond donors (Lipinski definition) is 2. The molecule has 24 heavy (non-hydrogen) atoms. The third-order valence-electron chi connectivity index (χ3n) is 4.53. The number of nitrogens with one attached hydrogen (secondary N) is 1. The maximum absolute atomic E-state index is 12.8. The highest BCUT2D eigenvalue weighted by atomic mass is 35.5. The van der Waals surface area contributed by atoms with Gasteiger partial charge in [-0.2, -0.15) is 0 Å². The highest BCUT2D eigenvalue weighted by Crippen LogP contribution is 2.32. The lowest BCUT2D eigenvalue weighted by molar-refractivity contribution is 0.373. The molecule has 0 atom stereocenters. The van der Waals surface area contributed by atoms with E-state index in [0.29, 0.717) is 10.5 Å². The van der Waals surface area contributed by atoms with E-state index in [4.69, 9.17) is 10.5 Å². The minimum atomic E-state index is -3.54. The molecule has 2 rings (SSSR count). The summed E-state index contributed by atoms with van der Waals surface area (Å²) in [6.07, 6.45) is 3.33. The summed E-state index contributed by atoms with van der Waals surface area (Å²) in [6.45, 7) is 5.86. The van der Waals surface area contributed by atoms with E-state index in [2.05, 4.69) is 4.72 Å². The van der Waals surface area contributed by atoms with Gasteiger partial charge in [-0.1, -0.05) is 13.8 Å². The van der Waals surface area contributed by atoms with Gasteiger partial charge < -0.3 is 10.5 Å². The summed E-state index contributed by atoms with van der Waals surface area (Å²) in [5.74, 6) is 0.923. The maximum atomic E-state index is 12.8. The number of nitrogens with two attached hydrogens (primary N) is 1. The Balaban J connectivity index is 0.00000288. The van der Waals surface area contributed by atoms with Crippen molar-refractivity contribution < 1.29 is 13.2 Å². The minimum Gasteiger partial charge on any atom is -0.496 e. The van der Waals surface area contributed by atoms with Crippen LogP contribution in [0.2, 0.25) is 0 Å². The van der Waals surface area contributed by atoms with Gasteiger partial charge >= 0.3 is 0 Å². The molecule has 0 spiro atoms. The molecule has 0 aliphatic heterocycles. The van der Waals surface area contributed by atoms with Gasteiger partial charge in [0.05, 0.1) is 12.0 Å². The van der Waals surface area contributed by atoms with E-state index in [9.17, 15) is 8.42 Å². The fraction of sp³-hybridized carbons (Fsp3) is 0.647. The first-order valence-corrected chi connectivity index (χ1v) is 9.69. The highest BCUT2D eigenvalue weighted by molar-refractivity contribution is 7.89. The van der Waals surface area contributed by atoms with Gasteiger partial charge in [-0.15, -0.1) is 12.4 Å². The predicted molar refractivity (Wildman–Crippen MR) is 99.6 cm³/mol. The standard InChI is InChI=1S/C17H28N2O3S.ClH/c1-11(2)15-10-17(12(3)9-16(15)22-4)23(20,21)19-14-7-5-13(18)6-8-14;/h9-11,13-14,19H,5-8,18H2,1-4H3;1H. The largest absolute Gasteiger partial charge is 0.496 e. The van der Waals surface area contributed by atoms with E-state index in [-0.39, 0.29) is 30.4 Å². The summed E-state index contributed by atoms with van der Waals surface area (Å²) in [4.78, 5) is 0.344. The van der Waals surface area contributed by atoms with E-state index in [1.165, 1.54) is 0 Å². The monoisotopic (exact) mass is 376 g/mol. The summed E-state index contributed by atoms with van der Waals surface area (Å²) in [7, 11) is -1.93.